The molecule has 8 nitrogen and oxygen atoms in total. The van der Waals surface area contributed by atoms with E-state index < -0.39 is 10.0 Å². The second-order valence-electron chi connectivity index (χ2n) is 8.20. The molecule has 1 saturated heterocycles. The van der Waals surface area contributed by atoms with Crippen molar-refractivity contribution < 1.29 is 17.9 Å². The number of sulfonamides is 1. The second kappa shape index (κ2) is 10.8. The van der Waals surface area contributed by atoms with E-state index in [0.717, 1.165) is 38.4 Å². The molecule has 31 heavy (non-hydrogen) atoms. The number of benzene rings is 1. The first-order chi connectivity index (χ1) is 14.9. The molecule has 1 aliphatic carbocycles. The molecule has 0 radical (unpaired) electrons. The Balaban J connectivity index is 1.82. The topological polar surface area (TPSA) is 82.2 Å². The summed E-state index contributed by atoms with van der Waals surface area (Å²) in [6, 6.07) is 5.06. The van der Waals surface area contributed by atoms with Crippen LogP contribution in [-0.4, -0.2) is 82.6 Å². The van der Waals surface area contributed by atoms with Crippen molar-refractivity contribution in [1.82, 2.24) is 9.21 Å². The van der Waals surface area contributed by atoms with Gasteiger partial charge in [0, 0.05) is 39.3 Å². The van der Waals surface area contributed by atoms with Crippen molar-refractivity contribution in [3.8, 4) is 0 Å². The Morgan fingerprint density at radius 2 is 1.81 bits per heavy atom. The van der Waals surface area contributed by atoms with Gasteiger partial charge in [0.2, 0.25) is 15.9 Å². The molecule has 0 aromatic heterocycles. The first kappa shape index (κ1) is 24.0. The quantitative estimate of drug-likeness (QED) is 0.554. The Morgan fingerprint density at radius 3 is 2.39 bits per heavy atom. The molecule has 0 atom stereocenters. The number of nitrogens with zero attached hydrogens (tertiary/aromatic N) is 3. The lowest BCUT2D eigenvalue weighted by Gasteiger charge is -2.36. The number of likely N-dealkylation sites (N-methyl/N-ethyl adjacent to an activating group) is 1. The molecule has 174 valence electrons. The van der Waals surface area contributed by atoms with Crippen LogP contribution in [0.4, 0.5) is 11.4 Å². The van der Waals surface area contributed by atoms with Crippen LogP contribution in [-0.2, 0) is 19.6 Å². The van der Waals surface area contributed by atoms with Crippen LogP contribution in [0.5, 0.6) is 0 Å². The fourth-order valence-electron chi connectivity index (χ4n) is 3.86. The largest absolute Gasteiger partial charge is 0.371 e. The lowest BCUT2D eigenvalue weighted by atomic mass is 10.2. The zero-order valence-corrected chi connectivity index (χ0v) is 19.8. The highest BCUT2D eigenvalue weighted by Gasteiger charge is 2.26. The molecule has 1 aromatic rings. The maximum atomic E-state index is 13.0. The molecule has 9 heteroatoms. The van der Waals surface area contributed by atoms with Crippen LogP contribution in [0.25, 0.3) is 0 Å². The maximum absolute atomic E-state index is 13.0. The van der Waals surface area contributed by atoms with E-state index in [2.05, 4.69) is 22.0 Å². The summed E-state index contributed by atoms with van der Waals surface area (Å²) < 4.78 is 33.0. The second-order valence-corrected chi connectivity index (χ2v) is 10.1. The fourth-order valence-corrected chi connectivity index (χ4v) is 5.34. The molecular weight excluding hydrogens is 416 g/mol. The number of carbonyl (C=O) groups excluding carboxylic acids is 1. The van der Waals surface area contributed by atoms with Gasteiger partial charge in [0.1, 0.15) is 6.61 Å². The standard InChI is InChI=1S/C22H36N4O4S/c1-4-24-11-13-25(14-12-24)21-10-9-19(31(28,29)26(5-2)6-3)15-20(21)23-22(27)17-30-16-18-7-8-18/h9-10,15,18H,4-8,11-14,16-17H2,1-3H3,(H,23,27). The van der Waals surface area contributed by atoms with Gasteiger partial charge >= 0.3 is 0 Å². The van der Waals surface area contributed by atoms with Crippen LogP contribution in [0.2, 0.25) is 0 Å². The van der Waals surface area contributed by atoms with E-state index in [9.17, 15) is 13.2 Å². The number of anilines is 2. The summed E-state index contributed by atoms with van der Waals surface area (Å²) in [7, 11) is -3.62. The van der Waals surface area contributed by atoms with Gasteiger partial charge < -0.3 is 19.9 Å². The van der Waals surface area contributed by atoms with Crippen molar-refractivity contribution in [3.63, 3.8) is 0 Å². The molecule has 0 spiro atoms. The number of carbonyl (C=O) groups is 1. The minimum absolute atomic E-state index is 0.0213. The monoisotopic (exact) mass is 452 g/mol. The highest BCUT2D eigenvalue weighted by atomic mass is 32.2. The van der Waals surface area contributed by atoms with E-state index in [0.29, 0.717) is 31.3 Å². The fraction of sp³-hybridized carbons (Fsp3) is 0.682. The third kappa shape index (κ3) is 6.19. The van der Waals surface area contributed by atoms with Crippen molar-refractivity contribution in [2.75, 3.05) is 69.2 Å². The van der Waals surface area contributed by atoms with Crippen LogP contribution >= 0.6 is 0 Å². The highest BCUT2D eigenvalue weighted by molar-refractivity contribution is 7.89. The summed E-state index contributed by atoms with van der Waals surface area (Å²) in [5.74, 6) is 0.326. The van der Waals surface area contributed by atoms with Gasteiger partial charge in [0.15, 0.2) is 0 Å². The molecule has 0 bridgehead atoms. The summed E-state index contributed by atoms with van der Waals surface area (Å²) in [5.41, 5.74) is 1.38. The number of amides is 1. The zero-order valence-electron chi connectivity index (χ0n) is 19.0. The minimum atomic E-state index is -3.62. The number of hydrogen-bond acceptors (Lipinski definition) is 6. The first-order valence-corrected chi connectivity index (χ1v) is 12.8. The van der Waals surface area contributed by atoms with E-state index in [-0.39, 0.29) is 17.4 Å². The van der Waals surface area contributed by atoms with Gasteiger partial charge in [-0.15, -0.1) is 0 Å². The Labute approximate surface area is 186 Å². The predicted molar refractivity (Wildman–Crippen MR) is 123 cm³/mol. The summed E-state index contributed by atoms with van der Waals surface area (Å²) >= 11 is 0. The predicted octanol–water partition coefficient (Wildman–Crippen LogP) is 2.22. The SMILES string of the molecule is CCN1CCN(c2ccc(S(=O)(=O)N(CC)CC)cc2NC(=O)COCC2CC2)CC1. The van der Waals surface area contributed by atoms with E-state index >= 15 is 0 Å². The summed E-state index contributed by atoms with van der Waals surface area (Å²) in [6.45, 7) is 11.7. The molecule has 1 saturated carbocycles. The van der Waals surface area contributed by atoms with Gasteiger partial charge in [-0.25, -0.2) is 8.42 Å². The third-order valence-electron chi connectivity index (χ3n) is 6.03. The van der Waals surface area contributed by atoms with Crippen molar-refractivity contribution in [2.24, 2.45) is 5.92 Å². The summed E-state index contributed by atoms with van der Waals surface area (Å²) in [5, 5.41) is 2.91. The van der Waals surface area contributed by atoms with Crippen molar-refractivity contribution in [1.29, 1.82) is 0 Å². The summed E-state index contributed by atoms with van der Waals surface area (Å²) in [6.07, 6.45) is 2.33. The minimum Gasteiger partial charge on any atom is -0.371 e. The molecule has 1 aromatic carbocycles. The lowest BCUT2D eigenvalue weighted by molar-refractivity contribution is -0.120. The average molecular weight is 453 g/mol. The van der Waals surface area contributed by atoms with Gasteiger partial charge in [0.25, 0.3) is 0 Å². The van der Waals surface area contributed by atoms with Gasteiger partial charge in [-0.1, -0.05) is 20.8 Å². The van der Waals surface area contributed by atoms with Gasteiger partial charge in [-0.05, 0) is 43.5 Å². The zero-order chi connectivity index (χ0) is 22.4. The van der Waals surface area contributed by atoms with Crippen LogP contribution in [0.15, 0.2) is 23.1 Å². The van der Waals surface area contributed by atoms with Crippen LogP contribution in [0.1, 0.15) is 33.6 Å². The van der Waals surface area contributed by atoms with Crippen molar-refractivity contribution >= 4 is 27.3 Å². The molecule has 2 aliphatic rings. The number of rotatable bonds is 11. The Bertz CT molecular complexity index is 845. The summed E-state index contributed by atoms with van der Waals surface area (Å²) in [4.78, 5) is 17.3. The van der Waals surface area contributed by atoms with E-state index in [1.807, 2.05) is 19.9 Å². The molecule has 0 unspecified atom stereocenters. The first-order valence-electron chi connectivity index (χ1n) is 11.4. The van der Waals surface area contributed by atoms with Crippen molar-refractivity contribution in [3.05, 3.63) is 18.2 Å². The van der Waals surface area contributed by atoms with Crippen LogP contribution in [0.3, 0.4) is 0 Å². The molecule has 3 rings (SSSR count). The third-order valence-corrected chi connectivity index (χ3v) is 8.08. The highest BCUT2D eigenvalue weighted by Crippen LogP contribution is 2.31. The average Bonchev–Trinajstić information content (AvgIpc) is 3.59. The molecule has 1 aliphatic heterocycles. The Hall–Kier alpha value is -1.68. The van der Waals surface area contributed by atoms with Crippen molar-refractivity contribution in [2.45, 2.75) is 38.5 Å². The molecular formula is C22H36N4O4S. The van der Waals surface area contributed by atoms with Gasteiger partial charge in [-0.3, -0.25) is 4.79 Å². The van der Waals surface area contributed by atoms with Gasteiger partial charge in [-0.2, -0.15) is 4.31 Å². The number of nitrogens with one attached hydrogen (secondary N) is 1. The van der Waals surface area contributed by atoms with Crippen LogP contribution < -0.4 is 10.2 Å². The Morgan fingerprint density at radius 1 is 1.13 bits per heavy atom. The molecule has 1 N–H and O–H groups in total. The molecule has 2 fully saturated rings. The Kier molecular flexibility index (Phi) is 8.32. The van der Waals surface area contributed by atoms with E-state index in [1.165, 1.54) is 17.1 Å². The van der Waals surface area contributed by atoms with E-state index in [1.54, 1.807) is 12.1 Å². The van der Waals surface area contributed by atoms with E-state index in [4.69, 9.17) is 4.74 Å². The normalized spacial score (nSPS) is 17.9. The molecule has 1 amide bonds. The lowest BCUT2D eigenvalue weighted by Crippen LogP contribution is -2.46. The number of hydrogen-bond donors (Lipinski definition) is 1. The number of ether oxygens (including phenoxy) is 1. The maximum Gasteiger partial charge on any atom is 0.250 e. The number of piperazine rings is 1. The smallest absolute Gasteiger partial charge is 0.250 e. The molecule has 1 heterocycles. The van der Waals surface area contributed by atoms with Crippen LogP contribution in [0, 0.1) is 5.92 Å². The van der Waals surface area contributed by atoms with Gasteiger partial charge in [0.05, 0.1) is 22.9 Å².